The van der Waals surface area contributed by atoms with Gasteiger partial charge in [-0.15, -0.1) is 12.3 Å². The minimum Gasteiger partial charge on any atom is -0.392 e. The normalized spacial score (nSPS) is 26.4. The highest BCUT2D eigenvalue weighted by molar-refractivity contribution is 4.88. The van der Waals surface area contributed by atoms with Gasteiger partial charge in [0, 0.05) is 6.42 Å². The lowest BCUT2D eigenvalue weighted by molar-refractivity contribution is 0.150. The first-order chi connectivity index (χ1) is 5.33. The molecule has 0 aromatic carbocycles. The average molecular weight is 153 g/mol. The molecule has 2 nitrogen and oxygen atoms in total. The van der Waals surface area contributed by atoms with Gasteiger partial charge in [0.1, 0.15) is 0 Å². The average Bonchev–Trinajstić information content (AvgIpc) is 2.40. The quantitative estimate of drug-likeness (QED) is 0.574. The number of terminal acetylenes is 1. The fourth-order valence-corrected chi connectivity index (χ4v) is 1.52. The molecular formula is C9H15NO. The van der Waals surface area contributed by atoms with Crippen LogP contribution in [0.3, 0.4) is 0 Å². The third-order valence-electron chi connectivity index (χ3n) is 2.12. The monoisotopic (exact) mass is 153 g/mol. The molecule has 1 aliphatic rings. The fraction of sp³-hybridized carbons (Fsp3) is 0.778. The van der Waals surface area contributed by atoms with Crippen LogP contribution in [0.1, 0.15) is 19.3 Å². The van der Waals surface area contributed by atoms with Gasteiger partial charge in [-0.25, -0.2) is 0 Å². The molecule has 1 saturated heterocycles. The van der Waals surface area contributed by atoms with Crippen LogP contribution in [0.2, 0.25) is 0 Å². The SMILES string of the molecule is C#CCC(O)CC1CCNC1. The molecule has 0 aromatic rings. The Bertz CT molecular complexity index is 144. The lowest BCUT2D eigenvalue weighted by Crippen LogP contribution is -2.15. The smallest absolute Gasteiger partial charge is 0.0652 e. The van der Waals surface area contributed by atoms with Gasteiger partial charge in [0.25, 0.3) is 0 Å². The Morgan fingerprint density at radius 2 is 2.55 bits per heavy atom. The van der Waals surface area contributed by atoms with Crippen molar-refractivity contribution < 1.29 is 5.11 Å². The van der Waals surface area contributed by atoms with Crippen molar-refractivity contribution >= 4 is 0 Å². The molecule has 0 saturated carbocycles. The lowest BCUT2D eigenvalue weighted by atomic mass is 9.99. The van der Waals surface area contributed by atoms with Crippen LogP contribution in [0.15, 0.2) is 0 Å². The molecule has 2 heteroatoms. The van der Waals surface area contributed by atoms with Crippen LogP contribution in [0, 0.1) is 18.3 Å². The van der Waals surface area contributed by atoms with Crippen LogP contribution in [0.5, 0.6) is 0 Å². The minimum atomic E-state index is -0.287. The third-order valence-corrected chi connectivity index (χ3v) is 2.12. The zero-order chi connectivity index (χ0) is 8.10. The zero-order valence-electron chi connectivity index (χ0n) is 6.71. The van der Waals surface area contributed by atoms with Gasteiger partial charge in [-0.1, -0.05) is 0 Å². The van der Waals surface area contributed by atoms with Gasteiger partial charge in [-0.3, -0.25) is 0 Å². The first kappa shape index (κ1) is 8.58. The second-order valence-electron chi connectivity index (χ2n) is 3.16. The molecule has 0 aromatic heterocycles. The van der Waals surface area contributed by atoms with E-state index in [1.807, 2.05) is 0 Å². The molecule has 2 atom stereocenters. The summed E-state index contributed by atoms with van der Waals surface area (Å²) in [6, 6.07) is 0. The van der Waals surface area contributed by atoms with Gasteiger partial charge in [0.2, 0.25) is 0 Å². The van der Waals surface area contributed by atoms with Gasteiger partial charge < -0.3 is 10.4 Å². The molecule has 0 bridgehead atoms. The van der Waals surface area contributed by atoms with Crippen molar-refractivity contribution in [2.24, 2.45) is 5.92 Å². The predicted octanol–water partition coefficient (Wildman–Crippen LogP) is 0.370. The molecule has 0 spiro atoms. The summed E-state index contributed by atoms with van der Waals surface area (Å²) in [4.78, 5) is 0. The highest BCUT2D eigenvalue weighted by Crippen LogP contribution is 2.15. The Hall–Kier alpha value is -0.520. The van der Waals surface area contributed by atoms with Gasteiger partial charge in [0.05, 0.1) is 6.10 Å². The van der Waals surface area contributed by atoms with Crippen LogP contribution in [-0.2, 0) is 0 Å². The van der Waals surface area contributed by atoms with E-state index in [0.29, 0.717) is 12.3 Å². The topological polar surface area (TPSA) is 32.3 Å². The standard InChI is InChI=1S/C9H15NO/c1-2-3-9(11)6-8-4-5-10-7-8/h1,8-11H,3-7H2. The fourth-order valence-electron chi connectivity index (χ4n) is 1.52. The summed E-state index contributed by atoms with van der Waals surface area (Å²) < 4.78 is 0. The van der Waals surface area contributed by atoms with E-state index in [1.54, 1.807) is 0 Å². The summed E-state index contributed by atoms with van der Waals surface area (Å²) in [5.74, 6) is 3.11. The first-order valence-electron chi connectivity index (χ1n) is 4.15. The number of hydrogen-bond donors (Lipinski definition) is 2. The molecular weight excluding hydrogens is 138 g/mol. The highest BCUT2D eigenvalue weighted by atomic mass is 16.3. The molecule has 11 heavy (non-hydrogen) atoms. The second kappa shape index (κ2) is 4.38. The van der Waals surface area contributed by atoms with Crippen LogP contribution in [-0.4, -0.2) is 24.3 Å². The molecule has 0 amide bonds. The van der Waals surface area contributed by atoms with Gasteiger partial charge in [0.15, 0.2) is 0 Å². The van der Waals surface area contributed by atoms with E-state index < -0.39 is 0 Å². The van der Waals surface area contributed by atoms with Gasteiger partial charge in [-0.2, -0.15) is 0 Å². The maximum atomic E-state index is 9.34. The number of aliphatic hydroxyl groups is 1. The van der Waals surface area contributed by atoms with E-state index in [4.69, 9.17) is 6.42 Å². The molecule has 2 unspecified atom stereocenters. The Morgan fingerprint density at radius 3 is 3.09 bits per heavy atom. The molecule has 0 aliphatic carbocycles. The van der Waals surface area contributed by atoms with E-state index in [0.717, 1.165) is 19.5 Å². The van der Waals surface area contributed by atoms with Crippen molar-refractivity contribution in [1.29, 1.82) is 0 Å². The van der Waals surface area contributed by atoms with E-state index in [1.165, 1.54) is 6.42 Å². The third kappa shape index (κ3) is 2.92. The molecule has 62 valence electrons. The van der Waals surface area contributed by atoms with Crippen LogP contribution in [0.4, 0.5) is 0 Å². The van der Waals surface area contributed by atoms with Gasteiger partial charge in [-0.05, 0) is 31.8 Å². The summed E-state index contributed by atoms with van der Waals surface area (Å²) in [6.07, 6.45) is 7.33. The molecule has 1 rings (SSSR count). The second-order valence-corrected chi connectivity index (χ2v) is 3.16. The Labute approximate surface area is 68.0 Å². The molecule has 1 heterocycles. The van der Waals surface area contributed by atoms with Crippen LogP contribution < -0.4 is 5.32 Å². The maximum Gasteiger partial charge on any atom is 0.0652 e. The van der Waals surface area contributed by atoms with Crippen LogP contribution >= 0.6 is 0 Å². The summed E-state index contributed by atoms with van der Waals surface area (Å²) >= 11 is 0. The molecule has 0 radical (unpaired) electrons. The van der Waals surface area contributed by atoms with Crippen molar-refractivity contribution in [2.45, 2.75) is 25.4 Å². The Kier molecular flexibility index (Phi) is 3.41. The van der Waals surface area contributed by atoms with Crippen molar-refractivity contribution in [2.75, 3.05) is 13.1 Å². The molecule has 1 aliphatic heterocycles. The van der Waals surface area contributed by atoms with Crippen LogP contribution in [0.25, 0.3) is 0 Å². The Balaban J connectivity index is 2.14. The van der Waals surface area contributed by atoms with E-state index in [-0.39, 0.29) is 6.10 Å². The molecule has 2 N–H and O–H groups in total. The Morgan fingerprint density at radius 1 is 1.73 bits per heavy atom. The highest BCUT2D eigenvalue weighted by Gasteiger charge is 2.17. The number of rotatable bonds is 3. The number of nitrogens with one attached hydrogen (secondary N) is 1. The maximum absolute atomic E-state index is 9.34. The van der Waals surface area contributed by atoms with Gasteiger partial charge >= 0.3 is 0 Å². The summed E-state index contributed by atoms with van der Waals surface area (Å²) in [5, 5.41) is 12.6. The largest absolute Gasteiger partial charge is 0.392 e. The number of hydrogen-bond acceptors (Lipinski definition) is 2. The van der Waals surface area contributed by atoms with Crippen molar-refractivity contribution in [1.82, 2.24) is 5.32 Å². The first-order valence-corrected chi connectivity index (χ1v) is 4.15. The lowest BCUT2D eigenvalue weighted by Gasteiger charge is -2.11. The van der Waals surface area contributed by atoms with Crippen molar-refractivity contribution in [3.05, 3.63) is 0 Å². The van der Waals surface area contributed by atoms with Crippen molar-refractivity contribution in [3.63, 3.8) is 0 Å². The summed E-state index contributed by atoms with van der Waals surface area (Å²) in [6.45, 7) is 2.13. The zero-order valence-corrected chi connectivity index (χ0v) is 6.71. The van der Waals surface area contributed by atoms with E-state index >= 15 is 0 Å². The van der Waals surface area contributed by atoms with E-state index in [9.17, 15) is 5.11 Å². The number of aliphatic hydroxyl groups excluding tert-OH is 1. The molecule has 1 fully saturated rings. The van der Waals surface area contributed by atoms with Crippen molar-refractivity contribution in [3.8, 4) is 12.3 Å². The summed E-state index contributed by atoms with van der Waals surface area (Å²) in [5.41, 5.74) is 0. The summed E-state index contributed by atoms with van der Waals surface area (Å²) in [7, 11) is 0. The predicted molar refractivity (Wildman–Crippen MR) is 45.1 cm³/mol. The minimum absolute atomic E-state index is 0.287. The van der Waals surface area contributed by atoms with E-state index in [2.05, 4.69) is 11.2 Å².